The summed E-state index contributed by atoms with van der Waals surface area (Å²) in [5, 5.41) is 39.8. The Morgan fingerprint density at radius 3 is 2.30 bits per heavy atom. The maximum absolute atomic E-state index is 12.4. The summed E-state index contributed by atoms with van der Waals surface area (Å²) in [5.74, 6) is 0.116. The first kappa shape index (κ1) is 21.8. The van der Waals surface area contributed by atoms with E-state index in [1.165, 1.54) is 31.2 Å². The van der Waals surface area contributed by atoms with Crippen LogP contribution in [0.4, 0.5) is 0 Å². The Bertz CT molecular complexity index is 908. The predicted octanol–water partition coefficient (Wildman–Crippen LogP) is 1.50. The minimum Gasteiger partial charge on any atom is -0.507 e. The summed E-state index contributed by atoms with van der Waals surface area (Å²) >= 11 is 0. The van der Waals surface area contributed by atoms with E-state index in [1.54, 1.807) is 37.5 Å². The van der Waals surface area contributed by atoms with Gasteiger partial charge in [0, 0.05) is 6.07 Å². The van der Waals surface area contributed by atoms with Gasteiger partial charge in [-0.25, -0.2) is 0 Å². The normalized spacial score (nSPS) is 26.5. The van der Waals surface area contributed by atoms with Crippen molar-refractivity contribution in [2.75, 3.05) is 7.11 Å². The average molecular weight is 416 g/mol. The molecule has 2 aromatic rings. The first-order valence-corrected chi connectivity index (χ1v) is 9.36. The van der Waals surface area contributed by atoms with Crippen molar-refractivity contribution in [1.29, 1.82) is 0 Å². The van der Waals surface area contributed by atoms with Crippen molar-refractivity contribution in [3.8, 4) is 17.2 Å². The lowest BCUT2D eigenvalue weighted by Gasteiger charge is -2.38. The maximum Gasteiger partial charge on any atom is 0.229 e. The van der Waals surface area contributed by atoms with Gasteiger partial charge in [0.05, 0.1) is 18.8 Å². The van der Waals surface area contributed by atoms with E-state index >= 15 is 0 Å². The highest BCUT2D eigenvalue weighted by atomic mass is 16.7. The van der Waals surface area contributed by atoms with Crippen LogP contribution in [0.15, 0.2) is 48.5 Å². The number of aliphatic hydroxyl groups is 3. The van der Waals surface area contributed by atoms with Gasteiger partial charge in [-0.3, -0.25) is 4.79 Å². The zero-order chi connectivity index (χ0) is 21.8. The molecule has 0 saturated carbocycles. The molecule has 1 aliphatic rings. The number of aromatic hydroxyl groups is 1. The number of rotatable bonds is 6. The van der Waals surface area contributed by atoms with Gasteiger partial charge >= 0.3 is 0 Å². The molecule has 0 spiro atoms. The second-order valence-electron chi connectivity index (χ2n) is 6.95. The van der Waals surface area contributed by atoms with E-state index in [0.717, 1.165) is 5.56 Å². The molecule has 4 N–H and O–H groups in total. The number of ketones is 1. The van der Waals surface area contributed by atoms with E-state index < -0.39 is 36.5 Å². The van der Waals surface area contributed by atoms with Crippen molar-refractivity contribution >= 4 is 11.9 Å². The molecular weight excluding hydrogens is 392 g/mol. The molecule has 5 atom stereocenters. The quantitative estimate of drug-likeness (QED) is 0.412. The molecule has 1 fully saturated rings. The molecule has 0 aliphatic carbocycles. The third-order valence-corrected chi connectivity index (χ3v) is 4.84. The minimum absolute atomic E-state index is 0.0704. The summed E-state index contributed by atoms with van der Waals surface area (Å²) in [4.78, 5) is 12.4. The Labute approximate surface area is 173 Å². The molecule has 0 bridgehead atoms. The Morgan fingerprint density at radius 2 is 1.67 bits per heavy atom. The average Bonchev–Trinajstić information content (AvgIpc) is 2.74. The molecule has 160 valence electrons. The number of hydrogen-bond acceptors (Lipinski definition) is 8. The van der Waals surface area contributed by atoms with Crippen LogP contribution in [0.1, 0.15) is 22.8 Å². The second kappa shape index (κ2) is 9.27. The van der Waals surface area contributed by atoms with Crippen LogP contribution in [0.25, 0.3) is 6.08 Å². The molecule has 8 nitrogen and oxygen atoms in total. The molecule has 0 radical (unpaired) electrons. The maximum atomic E-state index is 12.4. The molecule has 0 amide bonds. The number of phenolic OH excluding ortho intramolecular Hbond substituents is 1. The topological polar surface area (TPSA) is 126 Å². The highest BCUT2D eigenvalue weighted by Crippen LogP contribution is 2.28. The summed E-state index contributed by atoms with van der Waals surface area (Å²) in [7, 11) is 1.57. The van der Waals surface area contributed by atoms with Crippen LogP contribution in [0, 0.1) is 0 Å². The zero-order valence-corrected chi connectivity index (χ0v) is 16.5. The lowest BCUT2D eigenvalue weighted by molar-refractivity contribution is -0.268. The fourth-order valence-electron chi connectivity index (χ4n) is 3.01. The Kier molecular flexibility index (Phi) is 6.73. The molecule has 0 unspecified atom stereocenters. The largest absolute Gasteiger partial charge is 0.507 e. The highest BCUT2D eigenvalue weighted by Gasteiger charge is 2.43. The number of methoxy groups -OCH3 is 1. The molecule has 1 heterocycles. The summed E-state index contributed by atoms with van der Waals surface area (Å²) in [6.45, 7) is 1.53. The van der Waals surface area contributed by atoms with Gasteiger partial charge in [0.2, 0.25) is 6.29 Å². The van der Waals surface area contributed by atoms with Crippen molar-refractivity contribution in [1.82, 2.24) is 0 Å². The van der Waals surface area contributed by atoms with Crippen LogP contribution < -0.4 is 9.47 Å². The van der Waals surface area contributed by atoms with E-state index in [1.807, 2.05) is 0 Å². The molecule has 0 aromatic heterocycles. The number of carbonyl (C=O) groups is 1. The first-order valence-electron chi connectivity index (χ1n) is 9.36. The molecular formula is C22H24O8. The number of allylic oxidation sites excluding steroid dienone is 1. The fourth-order valence-corrected chi connectivity index (χ4v) is 3.01. The monoisotopic (exact) mass is 416 g/mol. The Morgan fingerprint density at radius 1 is 1.00 bits per heavy atom. The zero-order valence-electron chi connectivity index (χ0n) is 16.5. The number of phenols is 1. The summed E-state index contributed by atoms with van der Waals surface area (Å²) in [6, 6.07) is 11.2. The second-order valence-corrected chi connectivity index (χ2v) is 6.95. The lowest BCUT2D eigenvalue weighted by atomic mass is 10.00. The summed E-state index contributed by atoms with van der Waals surface area (Å²) in [6.07, 6.45) is -3.20. The number of ether oxygens (including phenoxy) is 3. The van der Waals surface area contributed by atoms with Gasteiger partial charge < -0.3 is 34.6 Å². The summed E-state index contributed by atoms with van der Waals surface area (Å²) in [5.41, 5.74) is 0.864. The van der Waals surface area contributed by atoms with Crippen molar-refractivity contribution in [3.05, 3.63) is 59.7 Å². The number of hydrogen-bond donors (Lipinski definition) is 4. The van der Waals surface area contributed by atoms with Gasteiger partial charge in [-0.2, -0.15) is 0 Å². The van der Waals surface area contributed by atoms with Gasteiger partial charge in [0.1, 0.15) is 35.6 Å². The van der Waals surface area contributed by atoms with E-state index in [-0.39, 0.29) is 17.1 Å². The van der Waals surface area contributed by atoms with Crippen molar-refractivity contribution in [2.45, 2.75) is 37.6 Å². The third-order valence-electron chi connectivity index (χ3n) is 4.84. The van der Waals surface area contributed by atoms with Crippen LogP contribution in [-0.4, -0.2) is 64.0 Å². The number of aliphatic hydroxyl groups excluding tert-OH is 3. The predicted molar refractivity (Wildman–Crippen MR) is 107 cm³/mol. The van der Waals surface area contributed by atoms with E-state index in [0.29, 0.717) is 5.75 Å². The van der Waals surface area contributed by atoms with Crippen LogP contribution in [-0.2, 0) is 4.74 Å². The van der Waals surface area contributed by atoms with Gasteiger partial charge in [-0.05, 0) is 42.8 Å². The first-order chi connectivity index (χ1) is 14.3. The minimum atomic E-state index is -1.48. The molecule has 3 rings (SSSR count). The van der Waals surface area contributed by atoms with Gasteiger partial charge in [0.15, 0.2) is 5.78 Å². The van der Waals surface area contributed by atoms with Gasteiger partial charge in [-0.15, -0.1) is 0 Å². The van der Waals surface area contributed by atoms with Crippen LogP contribution in [0.5, 0.6) is 17.2 Å². The molecule has 1 saturated heterocycles. The molecule has 30 heavy (non-hydrogen) atoms. The van der Waals surface area contributed by atoms with Gasteiger partial charge in [0.25, 0.3) is 0 Å². The third kappa shape index (κ3) is 4.80. The van der Waals surface area contributed by atoms with Crippen molar-refractivity contribution in [3.63, 3.8) is 0 Å². The summed E-state index contributed by atoms with van der Waals surface area (Å²) < 4.78 is 15.9. The number of benzene rings is 2. The number of carbonyl (C=O) groups excluding carboxylic acids is 1. The Hall–Kier alpha value is -2.91. The van der Waals surface area contributed by atoms with Crippen LogP contribution in [0.3, 0.4) is 0 Å². The smallest absolute Gasteiger partial charge is 0.229 e. The van der Waals surface area contributed by atoms with Gasteiger partial charge in [-0.1, -0.05) is 18.2 Å². The molecule has 8 heteroatoms. The van der Waals surface area contributed by atoms with E-state index in [4.69, 9.17) is 14.2 Å². The van der Waals surface area contributed by atoms with Crippen molar-refractivity contribution in [2.24, 2.45) is 0 Å². The lowest BCUT2D eigenvalue weighted by Crippen LogP contribution is -2.58. The SMILES string of the molecule is COc1ccc(/C=C/C(=O)c2ccc(O[C@@H]3O[C@@H](C)[C@H](O)[C@@H](O)[C@H]3O)cc2O)cc1. The molecule has 2 aromatic carbocycles. The fraction of sp³-hybridized carbons (Fsp3) is 0.318. The highest BCUT2D eigenvalue weighted by molar-refractivity contribution is 6.08. The van der Waals surface area contributed by atoms with Crippen LogP contribution in [0.2, 0.25) is 0 Å². The Balaban J connectivity index is 1.68. The molecule has 1 aliphatic heterocycles. The standard InChI is InChI=1S/C22H24O8/c1-12-19(25)20(26)21(27)22(29-12)30-15-8-9-16(18(24)11-15)17(23)10-5-13-3-6-14(28-2)7-4-13/h3-12,19-22,24-27H,1-2H3/b10-5+/t12-,19-,20+,21+,22-/m0/s1. The van der Waals surface area contributed by atoms with E-state index in [9.17, 15) is 25.2 Å². The van der Waals surface area contributed by atoms with Crippen molar-refractivity contribution < 1.29 is 39.4 Å². The van der Waals surface area contributed by atoms with E-state index in [2.05, 4.69) is 0 Å². The van der Waals surface area contributed by atoms with Crippen LogP contribution >= 0.6 is 0 Å².